The molecule has 1 aromatic carbocycles. The van der Waals surface area contributed by atoms with E-state index < -0.39 is 27.4 Å². The summed E-state index contributed by atoms with van der Waals surface area (Å²) in [5, 5.41) is 0. The van der Waals surface area contributed by atoms with E-state index in [-0.39, 0.29) is 22.6 Å². The molecule has 2 saturated carbocycles. The Bertz CT molecular complexity index is 844. The predicted molar refractivity (Wildman–Crippen MR) is 97.3 cm³/mol. The maximum absolute atomic E-state index is 15.0. The molecule has 0 saturated heterocycles. The summed E-state index contributed by atoms with van der Waals surface area (Å²) < 4.78 is 58.9. The number of fused-ring (bicyclic) bond motifs is 2. The maximum Gasteiger partial charge on any atom is 0.267 e. The van der Waals surface area contributed by atoms with Crippen molar-refractivity contribution in [1.29, 1.82) is 0 Å². The average Bonchev–Trinajstić information content (AvgIpc) is 2.49. The lowest BCUT2D eigenvalue weighted by atomic mass is 9.58. The maximum atomic E-state index is 15.0. The van der Waals surface area contributed by atoms with E-state index in [1.165, 1.54) is 12.1 Å². The van der Waals surface area contributed by atoms with Crippen molar-refractivity contribution in [2.45, 2.75) is 51.1 Å². The Kier molecular flexibility index (Phi) is 5.22. The third-order valence-electron chi connectivity index (χ3n) is 5.53. The number of hydrogen-bond donors (Lipinski definition) is 1. The van der Waals surface area contributed by atoms with E-state index in [9.17, 15) is 22.0 Å². The van der Waals surface area contributed by atoms with Gasteiger partial charge in [-0.2, -0.15) is 0 Å². The van der Waals surface area contributed by atoms with Crippen LogP contribution in [-0.2, 0) is 10.0 Å². The molecule has 1 aromatic rings. The van der Waals surface area contributed by atoms with Crippen LogP contribution < -0.4 is 9.46 Å². The summed E-state index contributed by atoms with van der Waals surface area (Å²) >= 11 is 0. The molecule has 1 amide bonds. The van der Waals surface area contributed by atoms with Gasteiger partial charge in [-0.25, -0.2) is 21.9 Å². The lowest BCUT2D eigenvalue weighted by Gasteiger charge is -2.50. The molecule has 8 heteroatoms. The van der Waals surface area contributed by atoms with Crippen LogP contribution in [0.4, 0.5) is 8.78 Å². The van der Waals surface area contributed by atoms with Crippen molar-refractivity contribution in [2.24, 2.45) is 11.3 Å². The number of rotatable bonds is 5. The van der Waals surface area contributed by atoms with Gasteiger partial charge >= 0.3 is 0 Å². The lowest BCUT2D eigenvalue weighted by Crippen LogP contribution is -2.48. The van der Waals surface area contributed by atoms with Gasteiger partial charge in [0.2, 0.25) is 10.0 Å². The monoisotopic (exact) mass is 401 g/mol. The highest BCUT2D eigenvalue weighted by atomic mass is 32.2. The largest absolute Gasteiger partial charge is 0.493 e. The van der Waals surface area contributed by atoms with Crippen LogP contribution in [0.25, 0.3) is 0 Å². The van der Waals surface area contributed by atoms with Crippen LogP contribution in [0.15, 0.2) is 18.2 Å². The van der Waals surface area contributed by atoms with Gasteiger partial charge in [-0.3, -0.25) is 4.79 Å². The number of carbonyl (C=O) groups excluding carboxylic acids is 1. The van der Waals surface area contributed by atoms with Gasteiger partial charge in [-0.1, -0.05) is 6.92 Å². The van der Waals surface area contributed by atoms with E-state index in [4.69, 9.17) is 4.74 Å². The van der Waals surface area contributed by atoms with Gasteiger partial charge in [0.15, 0.2) is 0 Å². The van der Waals surface area contributed by atoms with Gasteiger partial charge in [0.1, 0.15) is 17.2 Å². The fraction of sp³-hybridized carbons (Fsp3) is 0.632. The minimum atomic E-state index is -3.78. The van der Waals surface area contributed by atoms with Crippen LogP contribution in [-0.4, -0.2) is 32.9 Å². The van der Waals surface area contributed by atoms with Crippen molar-refractivity contribution in [3.63, 3.8) is 0 Å². The fourth-order valence-electron chi connectivity index (χ4n) is 4.83. The molecule has 0 radical (unpaired) electrons. The van der Waals surface area contributed by atoms with Gasteiger partial charge in [0, 0.05) is 11.5 Å². The van der Waals surface area contributed by atoms with Gasteiger partial charge in [0.05, 0.1) is 18.4 Å². The topological polar surface area (TPSA) is 72.5 Å². The van der Waals surface area contributed by atoms with E-state index in [2.05, 4.69) is 6.92 Å². The fourth-order valence-corrected chi connectivity index (χ4v) is 5.27. The van der Waals surface area contributed by atoms with E-state index in [1.54, 1.807) is 4.72 Å². The first-order chi connectivity index (χ1) is 12.5. The Morgan fingerprint density at radius 1 is 1.33 bits per heavy atom. The van der Waals surface area contributed by atoms with Gasteiger partial charge in [-0.15, -0.1) is 0 Å². The highest BCUT2D eigenvalue weighted by Gasteiger charge is 2.50. The molecule has 3 rings (SSSR count). The molecule has 1 N–H and O–H groups in total. The molecule has 2 bridgehead atoms. The molecule has 0 aromatic heterocycles. The normalized spacial score (nSPS) is 30.6. The van der Waals surface area contributed by atoms with Crippen molar-refractivity contribution < 1.29 is 26.7 Å². The van der Waals surface area contributed by atoms with Crippen molar-refractivity contribution >= 4 is 15.9 Å². The van der Waals surface area contributed by atoms with Gasteiger partial charge in [0.25, 0.3) is 5.91 Å². The minimum absolute atomic E-state index is 0.242. The van der Waals surface area contributed by atoms with E-state index >= 15 is 0 Å². The zero-order valence-corrected chi connectivity index (χ0v) is 16.4. The first-order valence-electron chi connectivity index (χ1n) is 9.13. The van der Waals surface area contributed by atoms with Crippen molar-refractivity contribution in [2.75, 3.05) is 12.9 Å². The van der Waals surface area contributed by atoms with Gasteiger partial charge in [-0.05, 0) is 56.6 Å². The first kappa shape index (κ1) is 20.0. The number of nitrogens with one attached hydrogen (secondary N) is 1. The zero-order valence-electron chi connectivity index (χ0n) is 15.6. The number of carbonyl (C=O) groups is 1. The summed E-state index contributed by atoms with van der Waals surface area (Å²) in [7, 11) is -3.78. The number of hydrogen-bond acceptors (Lipinski definition) is 4. The van der Waals surface area contributed by atoms with Crippen molar-refractivity contribution in [3.05, 3.63) is 29.6 Å². The number of amides is 1. The van der Waals surface area contributed by atoms with Crippen molar-refractivity contribution in [3.8, 4) is 5.75 Å². The quantitative estimate of drug-likeness (QED) is 0.818. The molecule has 2 aliphatic rings. The third-order valence-corrected chi connectivity index (χ3v) is 6.08. The Hall–Kier alpha value is -1.70. The lowest BCUT2D eigenvalue weighted by molar-refractivity contribution is -0.0687. The molecule has 0 heterocycles. The Morgan fingerprint density at radius 2 is 2.07 bits per heavy atom. The summed E-state index contributed by atoms with van der Waals surface area (Å²) in [6, 6.07) is 3.67. The molecule has 3 unspecified atom stereocenters. The Morgan fingerprint density at radius 3 is 2.74 bits per heavy atom. The SMILES string of the molecule is CC1CC2(F)CCCC(COc3ccc(C(=O)NS(C)(=O)=O)c(F)c3)(C1)C2. The summed E-state index contributed by atoms with van der Waals surface area (Å²) in [5.41, 5.74) is -1.75. The van der Waals surface area contributed by atoms with Crippen LogP contribution >= 0.6 is 0 Å². The number of alkyl halides is 1. The molecule has 0 spiro atoms. The summed E-state index contributed by atoms with van der Waals surface area (Å²) in [6.45, 7) is 2.36. The second-order valence-electron chi connectivity index (χ2n) is 8.33. The van der Waals surface area contributed by atoms with Crippen molar-refractivity contribution in [1.82, 2.24) is 4.72 Å². The summed E-state index contributed by atoms with van der Waals surface area (Å²) in [5.74, 6) is -1.38. The highest BCUT2D eigenvalue weighted by Crippen LogP contribution is 2.54. The third kappa shape index (κ3) is 4.78. The second kappa shape index (κ2) is 7.04. The van der Waals surface area contributed by atoms with Crippen LogP contribution in [0.3, 0.4) is 0 Å². The average molecular weight is 401 g/mol. The predicted octanol–water partition coefficient (Wildman–Crippen LogP) is 3.59. The van der Waals surface area contributed by atoms with Crippen LogP contribution in [0, 0.1) is 17.2 Å². The van der Waals surface area contributed by atoms with Crippen LogP contribution in [0.2, 0.25) is 0 Å². The number of sulfonamides is 1. The summed E-state index contributed by atoms with van der Waals surface area (Å²) in [4.78, 5) is 11.8. The molecule has 2 fully saturated rings. The number of ether oxygens (including phenoxy) is 1. The zero-order chi connectivity index (χ0) is 19.9. The first-order valence-corrected chi connectivity index (χ1v) is 11.0. The van der Waals surface area contributed by atoms with Crippen LogP contribution in [0.5, 0.6) is 5.75 Å². The smallest absolute Gasteiger partial charge is 0.267 e. The van der Waals surface area contributed by atoms with Gasteiger partial charge < -0.3 is 4.74 Å². The number of halogens is 2. The molecule has 5 nitrogen and oxygen atoms in total. The summed E-state index contributed by atoms with van der Waals surface area (Å²) in [6.07, 6.45) is 5.08. The standard InChI is InChI=1S/C19H25F2NO4S/c1-13-9-18(6-3-7-19(21,10-13)11-18)12-26-14-4-5-15(16(20)8-14)17(23)22-27(2,24)25/h4-5,8,13H,3,6-7,9-12H2,1-2H3,(H,22,23). The molecule has 150 valence electrons. The molecule has 0 aliphatic heterocycles. The Balaban J connectivity index is 1.70. The Labute approximate surface area is 158 Å². The molecule has 3 atom stereocenters. The molecular weight excluding hydrogens is 376 g/mol. The second-order valence-corrected chi connectivity index (χ2v) is 10.1. The molecule has 27 heavy (non-hydrogen) atoms. The van der Waals surface area contributed by atoms with E-state index in [1.807, 2.05) is 0 Å². The molecule has 2 aliphatic carbocycles. The molecular formula is C19H25F2NO4S. The number of benzene rings is 1. The van der Waals surface area contributed by atoms with E-state index in [0.29, 0.717) is 25.9 Å². The highest BCUT2D eigenvalue weighted by molar-refractivity contribution is 7.89. The van der Waals surface area contributed by atoms with E-state index in [0.717, 1.165) is 31.6 Å². The van der Waals surface area contributed by atoms with Crippen LogP contribution in [0.1, 0.15) is 55.8 Å². The minimum Gasteiger partial charge on any atom is -0.493 e.